The predicted octanol–water partition coefficient (Wildman–Crippen LogP) is 1.37. The Bertz CT molecular complexity index is 435. The van der Waals surface area contributed by atoms with Gasteiger partial charge in [-0.1, -0.05) is 32.0 Å². The molecule has 0 atom stereocenters. The Morgan fingerprint density at radius 3 is 2.71 bits per heavy atom. The van der Waals surface area contributed by atoms with E-state index in [-0.39, 0.29) is 12.5 Å². The molecule has 5 heteroatoms. The Hall–Kier alpha value is -1.59. The molecular formula is C16H27N3O2. The number of anilines is 1. The zero-order valence-electron chi connectivity index (χ0n) is 13.3. The highest BCUT2D eigenvalue weighted by Crippen LogP contribution is 2.21. The van der Waals surface area contributed by atoms with Crippen LogP contribution in [0.25, 0.3) is 0 Å². The van der Waals surface area contributed by atoms with Crippen LogP contribution < -0.4 is 16.0 Å². The number of nitrogens with one attached hydrogen (secondary N) is 1. The van der Waals surface area contributed by atoms with Crippen molar-refractivity contribution in [1.82, 2.24) is 5.32 Å². The van der Waals surface area contributed by atoms with Crippen molar-refractivity contribution in [2.75, 3.05) is 38.3 Å². The van der Waals surface area contributed by atoms with Crippen molar-refractivity contribution < 1.29 is 9.53 Å². The van der Waals surface area contributed by atoms with Crippen LogP contribution in [0.15, 0.2) is 24.3 Å². The van der Waals surface area contributed by atoms with Gasteiger partial charge in [0.15, 0.2) is 0 Å². The van der Waals surface area contributed by atoms with Gasteiger partial charge in [-0.25, -0.2) is 0 Å². The van der Waals surface area contributed by atoms with Gasteiger partial charge in [-0.3, -0.25) is 4.79 Å². The van der Waals surface area contributed by atoms with Crippen LogP contribution in [0.4, 0.5) is 5.69 Å². The van der Waals surface area contributed by atoms with Crippen molar-refractivity contribution in [1.29, 1.82) is 0 Å². The van der Waals surface area contributed by atoms with E-state index in [1.165, 1.54) is 0 Å². The van der Waals surface area contributed by atoms with Gasteiger partial charge in [0.2, 0.25) is 5.91 Å². The smallest absolute Gasteiger partial charge is 0.236 e. The Labute approximate surface area is 127 Å². The maximum atomic E-state index is 11.3. The number of nitrogens with two attached hydrogens (primary N) is 1. The first-order valence-electron chi connectivity index (χ1n) is 7.35. The second-order valence-corrected chi connectivity index (χ2v) is 5.54. The van der Waals surface area contributed by atoms with Gasteiger partial charge in [-0.2, -0.15) is 0 Å². The van der Waals surface area contributed by atoms with Crippen LogP contribution in [0, 0.1) is 5.92 Å². The lowest BCUT2D eigenvalue weighted by atomic mass is 10.1. The van der Waals surface area contributed by atoms with Crippen LogP contribution in [0.2, 0.25) is 0 Å². The van der Waals surface area contributed by atoms with E-state index in [1.54, 1.807) is 7.11 Å². The minimum atomic E-state index is -0.308. The van der Waals surface area contributed by atoms with Gasteiger partial charge in [0.25, 0.3) is 0 Å². The zero-order chi connectivity index (χ0) is 15.7. The summed E-state index contributed by atoms with van der Waals surface area (Å²) in [6.45, 7) is 7.53. The van der Waals surface area contributed by atoms with E-state index in [2.05, 4.69) is 30.1 Å². The van der Waals surface area contributed by atoms with Crippen LogP contribution >= 0.6 is 0 Å². The fraction of sp³-hybridized carbons (Fsp3) is 0.562. The Balaban J connectivity index is 2.82. The molecule has 118 valence electrons. The Kier molecular flexibility index (Phi) is 7.79. The number of ether oxygens (including phenoxy) is 1. The van der Waals surface area contributed by atoms with Crippen LogP contribution in [0.3, 0.4) is 0 Å². The quantitative estimate of drug-likeness (QED) is 0.639. The van der Waals surface area contributed by atoms with Crippen molar-refractivity contribution in [2.24, 2.45) is 11.7 Å². The number of benzene rings is 1. The molecule has 5 nitrogen and oxygen atoms in total. The minimum absolute atomic E-state index is 0.243. The first-order valence-corrected chi connectivity index (χ1v) is 7.35. The summed E-state index contributed by atoms with van der Waals surface area (Å²) in [5, 5.41) is 3.34. The maximum absolute atomic E-state index is 11.3. The number of carbonyl (C=O) groups is 1. The van der Waals surface area contributed by atoms with Crippen molar-refractivity contribution >= 4 is 11.6 Å². The summed E-state index contributed by atoms with van der Waals surface area (Å²) in [7, 11) is 1.69. The molecule has 1 aromatic carbocycles. The minimum Gasteiger partial charge on any atom is -0.383 e. The van der Waals surface area contributed by atoms with Crippen LogP contribution in [0.5, 0.6) is 0 Å². The molecule has 0 heterocycles. The largest absolute Gasteiger partial charge is 0.383 e. The molecule has 21 heavy (non-hydrogen) atoms. The number of nitrogens with zero attached hydrogens (tertiary/aromatic N) is 1. The molecule has 0 bridgehead atoms. The summed E-state index contributed by atoms with van der Waals surface area (Å²) < 4.78 is 5.03. The number of primary amides is 1. The molecule has 0 spiro atoms. The first-order chi connectivity index (χ1) is 10.0. The van der Waals surface area contributed by atoms with E-state index in [1.807, 2.05) is 18.2 Å². The first kappa shape index (κ1) is 17.5. The Morgan fingerprint density at radius 1 is 1.38 bits per heavy atom. The van der Waals surface area contributed by atoms with Crippen LogP contribution in [-0.4, -0.2) is 39.3 Å². The number of methoxy groups -OCH3 is 1. The fourth-order valence-corrected chi connectivity index (χ4v) is 2.24. The van der Waals surface area contributed by atoms with Gasteiger partial charge < -0.3 is 20.7 Å². The van der Waals surface area contributed by atoms with E-state index in [4.69, 9.17) is 10.5 Å². The van der Waals surface area contributed by atoms with Gasteiger partial charge in [-0.05, 0) is 17.5 Å². The third kappa shape index (κ3) is 6.60. The number of para-hydroxylation sites is 1. The molecular weight excluding hydrogens is 266 g/mol. The number of carbonyl (C=O) groups excluding carboxylic acids is 1. The third-order valence-electron chi connectivity index (χ3n) is 3.06. The summed E-state index contributed by atoms with van der Waals surface area (Å²) in [5.41, 5.74) is 7.61. The SMILES string of the molecule is COCCNCc1ccccc1N(CC(N)=O)CC(C)C. The van der Waals surface area contributed by atoms with E-state index in [0.717, 1.165) is 30.9 Å². The standard InChI is InChI=1S/C16H27N3O2/c1-13(2)11-19(12-16(17)20)15-7-5-4-6-14(15)10-18-8-9-21-3/h4-7,13,18H,8-12H2,1-3H3,(H2,17,20). The summed E-state index contributed by atoms with van der Waals surface area (Å²) in [5.74, 6) is 0.150. The summed E-state index contributed by atoms with van der Waals surface area (Å²) in [6.07, 6.45) is 0. The molecule has 0 fully saturated rings. The Morgan fingerprint density at radius 2 is 2.10 bits per heavy atom. The average molecular weight is 293 g/mol. The lowest BCUT2D eigenvalue weighted by molar-refractivity contribution is -0.116. The molecule has 0 radical (unpaired) electrons. The van der Waals surface area contributed by atoms with Gasteiger partial charge in [-0.15, -0.1) is 0 Å². The van der Waals surface area contributed by atoms with E-state index >= 15 is 0 Å². The average Bonchev–Trinajstić information content (AvgIpc) is 2.42. The molecule has 3 N–H and O–H groups in total. The highest BCUT2D eigenvalue weighted by molar-refractivity contribution is 5.80. The van der Waals surface area contributed by atoms with E-state index in [0.29, 0.717) is 12.5 Å². The maximum Gasteiger partial charge on any atom is 0.236 e. The van der Waals surface area contributed by atoms with E-state index in [9.17, 15) is 4.79 Å². The highest BCUT2D eigenvalue weighted by Gasteiger charge is 2.14. The summed E-state index contributed by atoms with van der Waals surface area (Å²) in [4.78, 5) is 13.4. The highest BCUT2D eigenvalue weighted by atomic mass is 16.5. The molecule has 1 aromatic rings. The number of rotatable bonds is 10. The van der Waals surface area contributed by atoms with Crippen LogP contribution in [-0.2, 0) is 16.1 Å². The normalized spacial score (nSPS) is 10.9. The van der Waals surface area contributed by atoms with Gasteiger partial charge in [0.05, 0.1) is 13.2 Å². The zero-order valence-corrected chi connectivity index (χ0v) is 13.3. The van der Waals surface area contributed by atoms with Crippen molar-refractivity contribution in [3.63, 3.8) is 0 Å². The van der Waals surface area contributed by atoms with Gasteiger partial charge in [0, 0.05) is 32.4 Å². The summed E-state index contributed by atoms with van der Waals surface area (Å²) in [6, 6.07) is 8.11. The monoisotopic (exact) mass is 293 g/mol. The topological polar surface area (TPSA) is 67.6 Å². The molecule has 1 amide bonds. The van der Waals surface area contributed by atoms with Gasteiger partial charge >= 0.3 is 0 Å². The van der Waals surface area contributed by atoms with E-state index < -0.39 is 0 Å². The number of amides is 1. The van der Waals surface area contributed by atoms with Crippen molar-refractivity contribution in [3.8, 4) is 0 Å². The molecule has 0 aliphatic rings. The molecule has 0 aliphatic carbocycles. The molecule has 0 saturated carbocycles. The number of hydrogen-bond donors (Lipinski definition) is 2. The van der Waals surface area contributed by atoms with Crippen molar-refractivity contribution in [2.45, 2.75) is 20.4 Å². The summed E-state index contributed by atoms with van der Waals surface area (Å²) >= 11 is 0. The van der Waals surface area contributed by atoms with Gasteiger partial charge in [0.1, 0.15) is 0 Å². The lowest BCUT2D eigenvalue weighted by Crippen LogP contribution is -2.37. The van der Waals surface area contributed by atoms with Crippen LogP contribution in [0.1, 0.15) is 19.4 Å². The molecule has 0 aliphatic heterocycles. The predicted molar refractivity (Wildman–Crippen MR) is 86.3 cm³/mol. The second kappa shape index (κ2) is 9.37. The lowest BCUT2D eigenvalue weighted by Gasteiger charge is -2.27. The fourth-order valence-electron chi connectivity index (χ4n) is 2.24. The second-order valence-electron chi connectivity index (χ2n) is 5.54. The molecule has 0 saturated heterocycles. The molecule has 0 unspecified atom stereocenters. The molecule has 0 aromatic heterocycles. The molecule has 1 rings (SSSR count). The third-order valence-corrected chi connectivity index (χ3v) is 3.06. The van der Waals surface area contributed by atoms with Crippen molar-refractivity contribution in [3.05, 3.63) is 29.8 Å². The number of hydrogen-bond acceptors (Lipinski definition) is 4.